The van der Waals surface area contributed by atoms with Gasteiger partial charge in [-0.05, 0) is 37.8 Å². The largest absolute Gasteiger partial charge is 0.467 e. The summed E-state index contributed by atoms with van der Waals surface area (Å²) in [5.41, 5.74) is 0. The topological polar surface area (TPSA) is 37.5 Å². The van der Waals surface area contributed by atoms with Crippen LogP contribution in [0.15, 0.2) is 40.5 Å². The third-order valence-electron chi connectivity index (χ3n) is 4.76. The van der Waals surface area contributed by atoms with Gasteiger partial charge in [-0.2, -0.15) is 0 Å². The highest BCUT2D eigenvalue weighted by Gasteiger charge is 2.15. The van der Waals surface area contributed by atoms with Gasteiger partial charge in [-0.25, -0.2) is 0 Å². The molecule has 2 heterocycles. The highest BCUT2D eigenvalue weighted by molar-refractivity contribution is 5.82. The second-order valence-electron chi connectivity index (χ2n) is 6.84. The lowest BCUT2D eigenvalue weighted by molar-refractivity contribution is 0.430. The van der Waals surface area contributed by atoms with Gasteiger partial charge in [-0.15, -0.1) is 6.58 Å². The molecule has 0 amide bonds. The van der Waals surface area contributed by atoms with Gasteiger partial charge in [-0.3, -0.25) is 4.99 Å². The number of furan rings is 1. The predicted molar refractivity (Wildman–Crippen MR) is 102 cm³/mol. The maximum atomic E-state index is 5.64. The van der Waals surface area contributed by atoms with E-state index in [1.54, 1.807) is 6.26 Å². The number of nitrogens with one attached hydrogen (secondary N) is 1. The van der Waals surface area contributed by atoms with E-state index in [1.807, 2.05) is 12.1 Å². The minimum absolute atomic E-state index is 0.201. The fourth-order valence-electron chi connectivity index (χ4n) is 3.31. The molecule has 1 aromatic heterocycles. The van der Waals surface area contributed by atoms with E-state index in [9.17, 15) is 0 Å². The smallest absolute Gasteiger partial charge is 0.126 e. The lowest BCUT2D eigenvalue weighted by atomic mass is 10.1. The van der Waals surface area contributed by atoms with E-state index < -0.39 is 0 Å². The summed E-state index contributed by atoms with van der Waals surface area (Å²) in [5.74, 6) is 2.17. The van der Waals surface area contributed by atoms with E-state index in [-0.39, 0.29) is 6.04 Å². The summed E-state index contributed by atoms with van der Waals surface area (Å²) >= 11 is 0. The predicted octanol–water partition coefficient (Wildman–Crippen LogP) is 6.19. The molecule has 3 heteroatoms. The van der Waals surface area contributed by atoms with Crippen molar-refractivity contribution in [1.82, 2.24) is 5.32 Å². The molecule has 0 saturated carbocycles. The van der Waals surface area contributed by atoms with Crippen molar-refractivity contribution >= 4 is 5.84 Å². The number of allylic oxidation sites excluding steroid dienone is 1. The molecule has 24 heavy (non-hydrogen) atoms. The van der Waals surface area contributed by atoms with Crippen molar-refractivity contribution in [3.05, 3.63) is 36.8 Å². The third-order valence-corrected chi connectivity index (χ3v) is 4.76. The van der Waals surface area contributed by atoms with E-state index in [0.717, 1.165) is 31.6 Å². The fraction of sp³-hybridized carbons (Fsp3) is 0.667. The molecule has 3 nitrogen and oxygen atoms in total. The monoisotopic (exact) mass is 330 g/mol. The molecule has 0 spiro atoms. The van der Waals surface area contributed by atoms with Gasteiger partial charge in [-0.1, -0.05) is 51.0 Å². The minimum atomic E-state index is 0.201. The normalized spacial score (nSPS) is 19.2. The second-order valence-corrected chi connectivity index (χ2v) is 6.84. The zero-order valence-electron chi connectivity index (χ0n) is 15.1. The van der Waals surface area contributed by atoms with E-state index in [2.05, 4.69) is 18.0 Å². The summed E-state index contributed by atoms with van der Waals surface area (Å²) in [4.78, 5) is 4.88. The van der Waals surface area contributed by atoms with Crippen LogP contribution < -0.4 is 5.32 Å². The Morgan fingerprint density at radius 2 is 1.79 bits per heavy atom. The lowest BCUT2D eigenvalue weighted by Gasteiger charge is -2.19. The highest BCUT2D eigenvalue weighted by Crippen LogP contribution is 2.20. The van der Waals surface area contributed by atoms with Crippen molar-refractivity contribution < 1.29 is 4.42 Å². The molecule has 0 aliphatic carbocycles. The van der Waals surface area contributed by atoms with Crippen LogP contribution >= 0.6 is 0 Å². The first-order valence-corrected chi connectivity index (χ1v) is 9.84. The zero-order chi connectivity index (χ0) is 16.9. The van der Waals surface area contributed by atoms with Gasteiger partial charge in [0, 0.05) is 13.0 Å². The Morgan fingerprint density at radius 1 is 1.08 bits per heavy atom. The molecule has 1 N–H and O–H groups in total. The number of hydrogen-bond acceptors (Lipinski definition) is 3. The summed E-state index contributed by atoms with van der Waals surface area (Å²) < 4.78 is 5.64. The molecule has 2 rings (SSSR count). The average Bonchev–Trinajstić information content (AvgIpc) is 3.13. The van der Waals surface area contributed by atoms with Gasteiger partial charge in [0.15, 0.2) is 0 Å². The Balaban J connectivity index is 1.95. The molecule has 1 aromatic rings. The second kappa shape index (κ2) is 11.9. The molecule has 1 aliphatic heterocycles. The summed E-state index contributed by atoms with van der Waals surface area (Å²) in [7, 11) is 0. The van der Waals surface area contributed by atoms with Crippen LogP contribution in [0.5, 0.6) is 0 Å². The standard InChI is InChI=1S/C21H34N2O/c1-2-3-14-19(20-15-13-18-24-20)23-21-16-11-9-7-5-4-6-8-10-12-17-22-21/h2,13,15,18-19H,1,3-12,14,16-17H2,(H,22,23). The van der Waals surface area contributed by atoms with Crippen LogP contribution in [0.4, 0.5) is 0 Å². The Kier molecular flexibility index (Phi) is 9.36. The van der Waals surface area contributed by atoms with Crippen LogP contribution in [0.3, 0.4) is 0 Å². The summed E-state index contributed by atoms with van der Waals surface area (Å²) in [5, 5.41) is 3.67. The van der Waals surface area contributed by atoms with Crippen molar-refractivity contribution in [3.63, 3.8) is 0 Å². The van der Waals surface area contributed by atoms with Crippen LogP contribution in [0.2, 0.25) is 0 Å². The molecule has 0 aromatic carbocycles. The molecular weight excluding hydrogens is 296 g/mol. The molecule has 0 fully saturated rings. The molecule has 1 aliphatic rings. The van der Waals surface area contributed by atoms with E-state index in [4.69, 9.17) is 9.41 Å². The number of rotatable bonds is 5. The Hall–Kier alpha value is -1.51. The van der Waals surface area contributed by atoms with Gasteiger partial charge in [0.25, 0.3) is 0 Å². The number of hydrogen-bond donors (Lipinski definition) is 1. The van der Waals surface area contributed by atoms with Gasteiger partial charge < -0.3 is 9.73 Å². The molecular formula is C21H34N2O. The SMILES string of the molecule is C=CCCC(NC1=NCCCCCCCCCCC1)c1ccco1. The maximum Gasteiger partial charge on any atom is 0.126 e. The zero-order valence-corrected chi connectivity index (χ0v) is 15.1. The molecule has 0 radical (unpaired) electrons. The van der Waals surface area contributed by atoms with E-state index in [0.29, 0.717) is 0 Å². The molecule has 0 bridgehead atoms. The summed E-state index contributed by atoms with van der Waals surface area (Å²) in [6.45, 7) is 4.80. The molecule has 1 unspecified atom stereocenters. The Bertz CT molecular complexity index is 464. The maximum absolute atomic E-state index is 5.64. The van der Waals surface area contributed by atoms with E-state index >= 15 is 0 Å². The number of nitrogens with zero attached hydrogens (tertiary/aromatic N) is 1. The van der Waals surface area contributed by atoms with Crippen molar-refractivity contribution in [2.45, 2.75) is 83.1 Å². The quantitative estimate of drug-likeness (QED) is 0.654. The average molecular weight is 331 g/mol. The number of aliphatic imine (C=N–C) groups is 1. The fourth-order valence-corrected chi connectivity index (χ4v) is 3.31. The lowest BCUT2D eigenvalue weighted by Crippen LogP contribution is -2.28. The first-order chi connectivity index (χ1) is 11.9. The first-order valence-electron chi connectivity index (χ1n) is 9.84. The Labute approximate surface area is 147 Å². The van der Waals surface area contributed by atoms with Crippen LogP contribution in [0.25, 0.3) is 0 Å². The van der Waals surface area contributed by atoms with Crippen molar-refractivity contribution in [1.29, 1.82) is 0 Å². The summed E-state index contributed by atoms with van der Waals surface area (Å²) in [6, 6.07) is 4.22. The van der Waals surface area contributed by atoms with Gasteiger partial charge in [0.2, 0.25) is 0 Å². The number of amidine groups is 1. The summed E-state index contributed by atoms with van der Waals surface area (Å²) in [6.07, 6.45) is 18.8. The molecule has 0 saturated heterocycles. The van der Waals surface area contributed by atoms with Gasteiger partial charge >= 0.3 is 0 Å². The van der Waals surface area contributed by atoms with Gasteiger partial charge in [0.05, 0.1) is 18.1 Å². The van der Waals surface area contributed by atoms with Crippen LogP contribution in [-0.2, 0) is 0 Å². The minimum Gasteiger partial charge on any atom is -0.467 e. The third kappa shape index (κ3) is 7.37. The molecule has 1 atom stereocenters. The Morgan fingerprint density at radius 3 is 2.46 bits per heavy atom. The van der Waals surface area contributed by atoms with Crippen molar-refractivity contribution in [2.24, 2.45) is 4.99 Å². The van der Waals surface area contributed by atoms with Gasteiger partial charge in [0.1, 0.15) is 5.76 Å². The van der Waals surface area contributed by atoms with Crippen molar-refractivity contribution in [2.75, 3.05) is 6.54 Å². The van der Waals surface area contributed by atoms with E-state index in [1.165, 1.54) is 63.6 Å². The molecule has 134 valence electrons. The van der Waals surface area contributed by atoms with Crippen LogP contribution in [0.1, 0.15) is 88.9 Å². The first kappa shape index (κ1) is 18.8. The highest BCUT2D eigenvalue weighted by atomic mass is 16.3. The van der Waals surface area contributed by atoms with Crippen LogP contribution in [0, 0.1) is 0 Å². The van der Waals surface area contributed by atoms with Crippen LogP contribution in [-0.4, -0.2) is 12.4 Å². The van der Waals surface area contributed by atoms with Crippen molar-refractivity contribution in [3.8, 4) is 0 Å².